The third-order valence-electron chi connectivity index (χ3n) is 3.06. The third-order valence-corrected chi connectivity index (χ3v) is 3.06. The number of ether oxygens (including phenoxy) is 1. The summed E-state index contributed by atoms with van der Waals surface area (Å²) in [5.41, 5.74) is 1.79. The number of amides is 1. The SMILES string of the molecule is CC(C)Oc1ccc(CNC(=O)Cc2ccc(F)cc2)cc1. The van der Waals surface area contributed by atoms with E-state index in [1.165, 1.54) is 12.1 Å². The Hall–Kier alpha value is -2.36. The van der Waals surface area contributed by atoms with Gasteiger partial charge in [0.05, 0.1) is 12.5 Å². The zero-order valence-corrected chi connectivity index (χ0v) is 12.8. The molecule has 1 N–H and O–H groups in total. The molecule has 0 unspecified atom stereocenters. The second-order valence-corrected chi connectivity index (χ2v) is 5.39. The lowest BCUT2D eigenvalue weighted by Crippen LogP contribution is -2.24. The zero-order valence-electron chi connectivity index (χ0n) is 12.8. The van der Waals surface area contributed by atoms with Crippen molar-refractivity contribution in [2.45, 2.75) is 32.9 Å². The molecule has 1 amide bonds. The van der Waals surface area contributed by atoms with Gasteiger partial charge in [-0.25, -0.2) is 4.39 Å². The summed E-state index contributed by atoms with van der Waals surface area (Å²) in [6.45, 7) is 4.41. The molecule has 0 fully saturated rings. The summed E-state index contributed by atoms with van der Waals surface area (Å²) >= 11 is 0. The minimum Gasteiger partial charge on any atom is -0.491 e. The van der Waals surface area contributed by atoms with Crippen LogP contribution in [0.25, 0.3) is 0 Å². The summed E-state index contributed by atoms with van der Waals surface area (Å²) in [6, 6.07) is 13.6. The van der Waals surface area contributed by atoms with E-state index in [9.17, 15) is 9.18 Å². The molecule has 0 heterocycles. The number of carbonyl (C=O) groups excluding carboxylic acids is 1. The van der Waals surface area contributed by atoms with Crippen molar-refractivity contribution in [1.82, 2.24) is 5.32 Å². The molecule has 2 aromatic carbocycles. The van der Waals surface area contributed by atoms with E-state index in [2.05, 4.69) is 5.32 Å². The summed E-state index contributed by atoms with van der Waals surface area (Å²) in [4.78, 5) is 11.9. The molecule has 4 heteroatoms. The fraction of sp³-hybridized carbons (Fsp3) is 0.278. The van der Waals surface area contributed by atoms with Gasteiger partial charge in [0.1, 0.15) is 11.6 Å². The Kier molecular flexibility index (Phi) is 5.53. The molecular formula is C18H20FNO2. The Morgan fingerprint density at radius 2 is 1.64 bits per heavy atom. The largest absolute Gasteiger partial charge is 0.491 e. The van der Waals surface area contributed by atoms with Crippen molar-refractivity contribution in [2.75, 3.05) is 0 Å². The highest BCUT2D eigenvalue weighted by Crippen LogP contribution is 2.13. The van der Waals surface area contributed by atoms with E-state index in [4.69, 9.17) is 4.74 Å². The van der Waals surface area contributed by atoms with E-state index < -0.39 is 0 Å². The van der Waals surface area contributed by atoms with Gasteiger partial charge in [-0.2, -0.15) is 0 Å². The van der Waals surface area contributed by atoms with Crippen molar-refractivity contribution in [2.24, 2.45) is 0 Å². The van der Waals surface area contributed by atoms with Crippen LogP contribution in [0.2, 0.25) is 0 Å². The van der Waals surface area contributed by atoms with E-state index in [0.29, 0.717) is 6.54 Å². The fourth-order valence-corrected chi connectivity index (χ4v) is 2.01. The monoisotopic (exact) mass is 301 g/mol. The van der Waals surface area contributed by atoms with Crippen LogP contribution >= 0.6 is 0 Å². The quantitative estimate of drug-likeness (QED) is 0.887. The van der Waals surface area contributed by atoms with Crippen LogP contribution in [0.1, 0.15) is 25.0 Å². The van der Waals surface area contributed by atoms with E-state index in [1.54, 1.807) is 12.1 Å². The number of hydrogen-bond donors (Lipinski definition) is 1. The molecule has 0 aliphatic heterocycles. The van der Waals surface area contributed by atoms with E-state index in [1.807, 2.05) is 38.1 Å². The molecule has 0 saturated carbocycles. The van der Waals surface area contributed by atoms with Crippen molar-refractivity contribution in [3.05, 3.63) is 65.5 Å². The number of benzene rings is 2. The number of halogens is 1. The maximum Gasteiger partial charge on any atom is 0.224 e. The van der Waals surface area contributed by atoms with Crippen LogP contribution in [0.4, 0.5) is 4.39 Å². The molecule has 0 spiro atoms. The summed E-state index contributed by atoms with van der Waals surface area (Å²) < 4.78 is 18.4. The minimum absolute atomic E-state index is 0.0888. The van der Waals surface area contributed by atoms with Gasteiger partial charge in [-0.15, -0.1) is 0 Å². The summed E-state index contributed by atoms with van der Waals surface area (Å²) in [6.07, 6.45) is 0.385. The molecule has 0 radical (unpaired) electrons. The summed E-state index contributed by atoms with van der Waals surface area (Å²) in [5.74, 6) is 0.429. The highest BCUT2D eigenvalue weighted by atomic mass is 19.1. The first-order valence-electron chi connectivity index (χ1n) is 7.29. The average Bonchev–Trinajstić information content (AvgIpc) is 2.48. The van der Waals surface area contributed by atoms with Crippen LogP contribution < -0.4 is 10.1 Å². The molecule has 0 bridgehead atoms. The first-order valence-corrected chi connectivity index (χ1v) is 7.29. The highest BCUT2D eigenvalue weighted by Gasteiger charge is 2.04. The van der Waals surface area contributed by atoms with Gasteiger partial charge >= 0.3 is 0 Å². The molecule has 116 valence electrons. The minimum atomic E-state index is -0.298. The van der Waals surface area contributed by atoms with Crippen LogP contribution in [0.5, 0.6) is 5.75 Å². The zero-order chi connectivity index (χ0) is 15.9. The van der Waals surface area contributed by atoms with Crippen molar-refractivity contribution in [3.63, 3.8) is 0 Å². The molecular weight excluding hydrogens is 281 g/mol. The van der Waals surface area contributed by atoms with E-state index in [0.717, 1.165) is 16.9 Å². The second-order valence-electron chi connectivity index (χ2n) is 5.39. The molecule has 0 saturated heterocycles. The van der Waals surface area contributed by atoms with Crippen LogP contribution in [0.15, 0.2) is 48.5 Å². The number of rotatable bonds is 6. The molecule has 3 nitrogen and oxygen atoms in total. The van der Waals surface area contributed by atoms with Crippen molar-refractivity contribution in [1.29, 1.82) is 0 Å². The van der Waals surface area contributed by atoms with Gasteiger partial charge in [-0.05, 0) is 49.2 Å². The van der Waals surface area contributed by atoms with Gasteiger partial charge in [-0.1, -0.05) is 24.3 Å². The Morgan fingerprint density at radius 1 is 1.05 bits per heavy atom. The van der Waals surface area contributed by atoms with Crippen LogP contribution in [0.3, 0.4) is 0 Å². The fourth-order valence-electron chi connectivity index (χ4n) is 2.01. The van der Waals surface area contributed by atoms with Crippen LogP contribution in [-0.4, -0.2) is 12.0 Å². The topological polar surface area (TPSA) is 38.3 Å². The molecule has 0 atom stereocenters. The number of hydrogen-bond acceptors (Lipinski definition) is 2. The lowest BCUT2D eigenvalue weighted by atomic mass is 10.1. The van der Waals surface area contributed by atoms with Gasteiger partial charge in [0.15, 0.2) is 0 Å². The molecule has 2 rings (SSSR count). The van der Waals surface area contributed by atoms with Gasteiger partial charge in [0, 0.05) is 6.54 Å². The molecule has 2 aromatic rings. The standard InChI is InChI=1S/C18H20FNO2/c1-13(2)22-17-9-5-15(6-10-17)12-20-18(21)11-14-3-7-16(19)8-4-14/h3-10,13H,11-12H2,1-2H3,(H,20,21). The maximum atomic E-state index is 12.8. The summed E-state index contributed by atoms with van der Waals surface area (Å²) in [7, 11) is 0. The number of nitrogens with one attached hydrogen (secondary N) is 1. The maximum absolute atomic E-state index is 12.8. The Labute approximate surface area is 130 Å². The number of carbonyl (C=O) groups is 1. The Morgan fingerprint density at radius 3 is 2.23 bits per heavy atom. The van der Waals surface area contributed by atoms with Gasteiger partial charge in [0.2, 0.25) is 5.91 Å². The van der Waals surface area contributed by atoms with E-state index >= 15 is 0 Å². The molecule has 0 aliphatic rings. The normalized spacial score (nSPS) is 10.5. The first kappa shape index (κ1) is 16.0. The highest BCUT2D eigenvalue weighted by molar-refractivity contribution is 5.78. The Balaban J connectivity index is 1.81. The predicted molar refractivity (Wildman–Crippen MR) is 84.2 cm³/mol. The lowest BCUT2D eigenvalue weighted by Gasteiger charge is -2.10. The third kappa shape index (κ3) is 5.20. The first-order chi connectivity index (χ1) is 10.5. The van der Waals surface area contributed by atoms with Gasteiger partial charge in [-0.3, -0.25) is 4.79 Å². The average molecular weight is 301 g/mol. The lowest BCUT2D eigenvalue weighted by molar-refractivity contribution is -0.120. The van der Waals surface area contributed by atoms with Crippen LogP contribution in [0, 0.1) is 5.82 Å². The second kappa shape index (κ2) is 7.59. The summed E-state index contributed by atoms with van der Waals surface area (Å²) in [5, 5.41) is 2.85. The molecule has 0 aliphatic carbocycles. The van der Waals surface area contributed by atoms with Crippen molar-refractivity contribution >= 4 is 5.91 Å². The van der Waals surface area contributed by atoms with Crippen LogP contribution in [-0.2, 0) is 17.8 Å². The Bertz CT molecular complexity index is 606. The van der Waals surface area contributed by atoms with Crippen molar-refractivity contribution < 1.29 is 13.9 Å². The van der Waals surface area contributed by atoms with Crippen molar-refractivity contribution in [3.8, 4) is 5.75 Å². The van der Waals surface area contributed by atoms with Gasteiger partial charge in [0.25, 0.3) is 0 Å². The van der Waals surface area contributed by atoms with E-state index in [-0.39, 0.29) is 24.2 Å². The molecule has 22 heavy (non-hydrogen) atoms. The molecule has 0 aromatic heterocycles. The smallest absolute Gasteiger partial charge is 0.224 e. The van der Waals surface area contributed by atoms with Gasteiger partial charge < -0.3 is 10.1 Å². The predicted octanol–water partition coefficient (Wildman–Crippen LogP) is 3.47.